The number of phenols is 1. The third-order valence-corrected chi connectivity index (χ3v) is 3.43. The lowest BCUT2D eigenvalue weighted by molar-refractivity contribution is -0.136. The molecule has 130 valence electrons. The van der Waals surface area contributed by atoms with Gasteiger partial charge < -0.3 is 15.2 Å². The number of benzene rings is 2. The zero-order valence-corrected chi connectivity index (χ0v) is 13.9. The molecule has 25 heavy (non-hydrogen) atoms. The number of hydrogen-bond acceptors (Lipinski definition) is 5. The third-order valence-electron chi connectivity index (χ3n) is 3.43. The van der Waals surface area contributed by atoms with Gasteiger partial charge in [-0.15, -0.1) is 0 Å². The zero-order valence-electron chi connectivity index (χ0n) is 13.9. The largest absolute Gasteiger partial charge is 0.507 e. The summed E-state index contributed by atoms with van der Waals surface area (Å²) in [5, 5.41) is 15.8. The lowest BCUT2D eigenvalue weighted by atomic mass is 10.1. The molecule has 2 rings (SSSR count). The van der Waals surface area contributed by atoms with E-state index in [1.807, 2.05) is 19.1 Å². The molecule has 0 aliphatic carbocycles. The maximum atomic E-state index is 11.8. The molecule has 0 atom stereocenters. The summed E-state index contributed by atoms with van der Waals surface area (Å²) >= 11 is 0. The van der Waals surface area contributed by atoms with Gasteiger partial charge in [0.25, 0.3) is 0 Å². The van der Waals surface area contributed by atoms with Gasteiger partial charge in [0, 0.05) is 11.3 Å². The van der Waals surface area contributed by atoms with Crippen LogP contribution < -0.4 is 15.5 Å². The van der Waals surface area contributed by atoms with Crippen molar-refractivity contribution < 1.29 is 19.4 Å². The number of anilines is 1. The van der Waals surface area contributed by atoms with E-state index < -0.39 is 11.8 Å². The second-order valence-electron chi connectivity index (χ2n) is 5.13. The van der Waals surface area contributed by atoms with Gasteiger partial charge in [-0.3, -0.25) is 9.59 Å². The Kier molecular flexibility index (Phi) is 6.11. The Morgan fingerprint density at radius 1 is 1.16 bits per heavy atom. The van der Waals surface area contributed by atoms with Gasteiger partial charge >= 0.3 is 11.8 Å². The molecule has 0 spiro atoms. The van der Waals surface area contributed by atoms with Gasteiger partial charge in [-0.1, -0.05) is 19.1 Å². The normalized spacial score (nSPS) is 10.5. The van der Waals surface area contributed by atoms with Crippen LogP contribution in [0.1, 0.15) is 18.1 Å². The molecule has 0 bridgehead atoms. The van der Waals surface area contributed by atoms with Gasteiger partial charge in [0.05, 0.1) is 13.3 Å². The Balaban J connectivity index is 1.93. The Morgan fingerprint density at radius 2 is 1.88 bits per heavy atom. The molecular formula is C18H19N3O4. The molecule has 7 nitrogen and oxygen atoms in total. The van der Waals surface area contributed by atoms with E-state index in [1.165, 1.54) is 19.4 Å². The summed E-state index contributed by atoms with van der Waals surface area (Å²) in [6.45, 7) is 2.03. The van der Waals surface area contributed by atoms with Crippen molar-refractivity contribution in [2.45, 2.75) is 13.3 Å². The Morgan fingerprint density at radius 3 is 2.52 bits per heavy atom. The second kappa shape index (κ2) is 8.49. The smallest absolute Gasteiger partial charge is 0.329 e. The van der Waals surface area contributed by atoms with Crippen molar-refractivity contribution in [3.63, 3.8) is 0 Å². The fraction of sp³-hybridized carbons (Fsp3) is 0.167. The highest BCUT2D eigenvalue weighted by atomic mass is 16.5. The van der Waals surface area contributed by atoms with Gasteiger partial charge in [0.2, 0.25) is 0 Å². The molecule has 0 unspecified atom stereocenters. The molecule has 2 aromatic rings. The minimum Gasteiger partial charge on any atom is -0.507 e. The number of phenolic OH excluding ortho intramolecular Hbond substituents is 1. The molecule has 0 heterocycles. The fourth-order valence-corrected chi connectivity index (χ4v) is 1.99. The van der Waals surface area contributed by atoms with E-state index in [9.17, 15) is 14.7 Å². The van der Waals surface area contributed by atoms with Crippen molar-refractivity contribution in [2.24, 2.45) is 5.10 Å². The number of hydrogen-bond donors (Lipinski definition) is 3. The number of nitrogens with zero attached hydrogens (tertiary/aromatic N) is 1. The number of carbonyl (C=O) groups excluding carboxylic acids is 2. The van der Waals surface area contributed by atoms with Crippen LogP contribution in [0, 0.1) is 0 Å². The minimum absolute atomic E-state index is 0.0285. The summed E-state index contributed by atoms with van der Waals surface area (Å²) in [5.74, 6) is -1.26. The molecule has 0 radical (unpaired) electrons. The molecule has 0 aliphatic heterocycles. The van der Waals surface area contributed by atoms with E-state index in [-0.39, 0.29) is 5.75 Å². The van der Waals surface area contributed by atoms with Crippen molar-refractivity contribution in [3.05, 3.63) is 53.6 Å². The van der Waals surface area contributed by atoms with E-state index in [0.29, 0.717) is 17.0 Å². The van der Waals surface area contributed by atoms with Gasteiger partial charge in [-0.25, -0.2) is 5.43 Å². The maximum Gasteiger partial charge on any atom is 0.329 e. The van der Waals surface area contributed by atoms with Crippen LogP contribution in [-0.4, -0.2) is 30.2 Å². The third kappa shape index (κ3) is 5.07. The van der Waals surface area contributed by atoms with E-state index in [2.05, 4.69) is 15.8 Å². The topological polar surface area (TPSA) is 100 Å². The number of carbonyl (C=O) groups is 2. The number of aryl methyl sites for hydroxylation is 1. The monoisotopic (exact) mass is 341 g/mol. The lowest BCUT2D eigenvalue weighted by Gasteiger charge is -2.05. The van der Waals surface area contributed by atoms with Crippen molar-refractivity contribution in [3.8, 4) is 11.5 Å². The highest BCUT2D eigenvalue weighted by Crippen LogP contribution is 2.20. The number of nitrogens with one attached hydrogen (secondary N) is 2. The van der Waals surface area contributed by atoms with Crippen LogP contribution in [0.4, 0.5) is 5.69 Å². The number of methoxy groups -OCH3 is 1. The summed E-state index contributed by atoms with van der Waals surface area (Å²) in [4.78, 5) is 23.6. The van der Waals surface area contributed by atoms with Crippen molar-refractivity contribution in [2.75, 3.05) is 12.4 Å². The SMILES string of the molecule is CCc1ccc(NC(=O)C(=O)N/N=C/c2cc(OC)ccc2O)cc1. The van der Waals surface area contributed by atoms with Gasteiger partial charge in [-0.05, 0) is 42.3 Å². The quantitative estimate of drug-likeness (QED) is 0.440. The van der Waals surface area contributed by atoms with Gasteiger partial charge in [0.1, 0.15) is 11.5 Å². The van der Waals surface area contributed by atoms with Crippen molar-refractivity contribution >= 4 is 23.7 Å². The van der Waals surface area contributed by atoms with Crippen LogP contribution in [0.15, 0.2) is 47.6 Å². The van der Waals surface area contributed by atoms with Crippen LogP contribution in [0.3, 0.4) is 0 Å². The highest BCUT2D eigenvalue weighted by Gasteiger charge is 2.12. The summed E-state index contributed by atoms with van der Waals surface area (Å²) < 4.78 is 5.03. The zero-order chi connectivity index (χ0) is 18.2. The molecule has 0 fully saturated rings. The summed E-state index contributed by atoms with van der Waals surface area (Å²) in [6.07, 6.45) is 2.11. The first-order chi connectivity index (χ1) is 12.0. The molecular weight excluding hydrogens is 322 g/mol. The first-order valence-electron chi connectivity index (χ1n) is 7.63. The fourth-order valence-electron chi connectivity index (χ4n) is 1.99. The Bertz CT molecular complexity index is 785. The average molecular weight is 341 g/mol. The van der Waals surface area contributed by atoms with Crippen molar-refractivity contribution in [1.82, 2.24) is 5.43 Å². The number of hydrazone groups is 1. The van der Waals surface area contributed by atoms with Crippen LogP contribution in [0.2, 0.25) is 0 Å². The lowest BCUT2D eigenvalue weighted by Crippen LogP contribution is -2.32. The molecule has 7 heteroatoms. The van der Waals surface area contributed by atoms with Gasteiger partial charge in [-0.2, -0.15) is 5.10 Å². The number of aromatic hydroxyl groups is 1. The summed E-state index contributed by atoms with van der Waals surface area (Å²) in [6, 6.07) is 11.8. The molecule has 3 N–H and O–H groups in total. The maximum absolute atomic E-state index is 11.8. The molecule has 0 saturated carbocycles. The first kappa shape index (κ1) is 18.0. The van der Waals surface area contributed by atoms with Crippen LogP contribution in [0.5, 0.6) is 11.5 Å². The van der Waals surface area contributed by atoms with E-state index in [4.69, 9.17) is 4.74 Å². The molecule has 2 amide bonds. The Labute approximate surface area is 145 Å². The second-order valence-corrected chi connectivity index (χ2v) is 5.13. The summed E-state index contributed by atoms with van der Waals surface area (Å²) in [7, 11) is 1.49. The van der Waals surface area contributed by atoms with Crippen LogP contribution in [-0.2, 0) is 16.0 Å². The standard InChI is InChI=1S/C18H19N3O4/c1-3-12-4-6-14(7-5-12)20-17(23)18(24)21-19-11-13-10-15(25-2)8-9-16(13)22/h4-11,22H,3H2,1-2H3,(H,20,23)(H,21,24)/b19-11+. The van der Waals surface area contributed by atoms with E-state index in [1.54, 1.807) is 24.3 Å². The van der Waals surface area contributed by atoms with Crippen LogP contribution >= 0.6 is 0 Å². The van der Waals surface area contributed by atoms with Crippen LogP contribution in [0.25, 0.3) is 0 Å². The molecule has 0 aliphatic rings. The predicted octanol–water partition coefficient (Wildman–Crippen LogP) is 2.05. The van der Waals surface area contributed by atoms with E-state index in [0.717, 1.165) is 12.0 Å². The molecule has 0 saturated heterocycles. The van der Waals surface area contributed by atoms with Gasteiger partial charge in [0.15, 0.2) is 0 Å². The molecule has 0 aromatic heterocycles. The minimum atomic E-state index is -0.918. The predicted molar refractivity (Wildman–Crippen MR) is 94.8 cm³/mol. The highest BCUT2D eigenvalue weighted by molar-refractivity contribution is 6.39. The Hall–Kier alpha value is -3.35. The first-order valence-corrected chi connectivity index (χ1v) is 7.63. The summed E-state index contributed by atoms with van der Waals surface area (Å²) in [5.41, 5.74) is 4.10. The molecule has 2 aromatic carbocycles. The average Bonchev–Trinajstić information content (AvgIpc) is 2.63. The van der Waals surface area contributed by atoms with Crippen molar-refractivity contribution in [1.29, 1.82) is 0 Å². The number of ether oxygens (including phenoxy) is 1. The number of amides is 2. The van der Waals surface area contributed by atoms with E-state index >= 15 is 0 Å². The number of rotatable bonds is 5.